The van der Waals surface area contributed by atoms with Crippen molar-refractivity contribution in [3.05, 3.63) is 105 Å². The molecule has 2 amide bonds. The summed E-state index contributed by atoms with van der Waals surface area (Å²) in [7, 11) is 0. The highest BCUT2D eigenvalue weighted by Crippen LogP contribution is 2.25. The molecule has 0 radical (unpaired) electrons. The smallest absolute Gasteiger partial charge is 0.243 e. The van der Waals surface area contributed by atoms with Crippen LogP contribution in [0.25, 0.3) is 0 Å². The molecule has 1 unspecified atom stereocenters. The topological polar surface area (TPSA) is 49.4 Å². The summed E-state index contributed by atoms with van der Waals surface area (Å²) in [6.45, 7) is 0.186. The zero-order valence-electron chi connectivity index (χ0n) is 19.9. The number of nitrogens with zero attached hydrogens (tertiary/aromatic N) is 1. The predicted octanol–water partition coefficient (Wildman–Crippen LogP) is 6.89. The van der Waals surface area contributed by atoms with Gasteiger partial charge in [0, 0.05) is 34.1 Å². The number of hydrogen-bond acceptors (Lipinski definition) is 2. The molecule has 1 saturated carbocycles. The molecule has 0 spiro atoms. The molecule has 36 heavy (non-hydrogen) atoms. The van der Waals surface area contributed by atoms with Crippen molar-refractivity contribution in [1.82, 2.24) is 10.2 Å². The van der Waals surface area contributed by atoms with Gasteiger partial charge >= 0.3 is 0 Å². The van der Waals surface area contributed by atoms with Crippen molar-refractivity contribution in [2.45, 2.75) is 57.2 Å². The summed E-state index contributed by atoms with van der Waals surface area (Å²) in [6.07, 6.45) is 4.64. The summed E-state index contributed by atoms with van der Waals surface area (Å²) in [5, 5.41) is 4.74. The average molecular weight is 544 g/mol. The van der Waals surface area contributed by atoms with E-state index in [9.17, 15) is 9.59 Å². The van der Waals surface area contributed by atoms with Crippen molar-refractivity contribution in [3.63, 3.8) is 0 Å². The van der Waals surface area contributed by atoms with E-state index in [1.165, 1.54) is 0 Å². The molecule has 1 N–H and O–H groups in total. The Kier molecular flexibility index (Phi) is 9.30. The largest absolute Gasteiger partial charge is 0.352 e. The molecular formula is C29H29Cl3N2O2. The minimum Gasteiger partial charge on any atom is -0.352 e. The van der Waals surface area contributed by atoms with E-state index >= 15 is 0 Å². The van der Waals surface area contributed by atoms with Crippen LogP contribution in [0.4, 0.5) is 0 Å². The first-order valence-electron chi connectivity index (χ1n) is 12.2. The molecule has 3 aromatic rings. The van der Waals surface area contributed by atoms with Crippen LogP contribution in [0.15, 0.2) is 72.8 Å². The molecule has 4 nitrogen and oxygen atoms in total. The van der Waals surface area contributed by atoms with Gasteiger partial charge in [-0.1, -0.05) is 96.2 Å². The number of amides is 2. The SMILES string of the molecule is O=C(NC1CCCC1)C(Cc1ccccc1)N(Cc1ccc(Cl)cc1Cl)C(=O)Cc1cccc(Cl)c1. The zero-order chi connectivity index (χ0) is 25.5. The lowest BCUT2D eigenvalue weighted by Gasteiger charge is -2.32. The van der Waals surface area contributed by atoms with Crippen molar-refractivity contribution in [2.24, 2.45) is 0 Å². The average Bonchev–Trinajstić information content (AvgIpc) is 3.36. The van der Waals surface area contributed by atoms with Gasteiger partial charge in [-0.3, -0.25) is 9.59 Å². The van der Waals surface area contributed by atoms with Gasteiger partial charge in [-0.2, -0.15) is 0 Å². The first kappa shape index (κ1) is 26.5. The molecule has 0 heterocycles. The summed E-state index contributed by atoms with van der Waals surface area (Å²) >= 11 is 18.8. The number of halogens is 3. The van der Waals surface area contributed by atoms with Crippen LogP contribution in [-0.2, 0) is 29.0 Å². The summed E-state index contributed by atoms with van der Waals surface area (Å²) in [6, 6.07) is 21.6. The van der Waals surface area contributed by atoms with Gasteiger partial charge in [0.15, 0.2) is 0 Å². The molecule has 1 aliphatic rings. The van der Waals surface area contributed by atoms with Gasteiger partial charge in [0.05, 0.1) is 6.42 Å². The molecule has 4 rings (SSSR count). The monoisotopic (exact) mass is 542 g/mol. The summed E-state index contributed by atoms with van der Waals surface area (Å²) in [5.41, 5.74) is 2.49. The molecule has 0 aliphatic heterocycles. The fourth-order valence-electron chi connectivity index (χ4n) is 4.68. The number of carbonyl (C=O) groups is 2. The fourth-order valence-corrected chi connectivity index (χ4v) is 5.36. The van der Waals surface area contributed by atoms with Gasteiger partial charge in [0.1, 0.15) is 6.04 Å². The number of carbonyl (C=O) groups excluding carboxylic acids is 2. The van der Waals surface area contributed by atoms with Gasteiger partial charge < -0.3 is 10.2 Å². The highest BCUT2D eigenvalue weighted by molar-refractivity contribution is 6.35. The van der Waals surface area contributed by atoms with Crippen LogP contribution in [0.5, 0.6) is 0 Å². The quantitative estimate of drug-likeness (QED) is 0.319. The maximum absolute atomic E-state index is 13.8. The summed E-state index contributed by atoms with van der Waals surface area (Å²) in [4.78, 5) is 29.2. The molecule has 188 valence electrons. The number of rotatable bonds is 9. The molecular weight excluding hydrogens is 515 g/mol. The van der Waals surface area contributed by atoms with E-state index in [4.69, 9.17) is 34.8 Å². The highest BCUT2D eigenvalue weighted by atomic mass is 35.5. The van der Waals surface area contributed by atoms with Gasteiger partial charge in [-0.05, 0) is 53.8 Å². The Balaban J connectivity index is 1.68. The van der Waals surface area contributed by atoms with Crippen molar-refractivity contribution in [2.75, 3.05) is 0 Å². The van der Waals surface area contributed by atoms with Crippen LogP contribution in [0.1, 0.15) is 42.4 Å². The van der Waals surface area contributed by atoms with E-state index in [2.05, 4.69) is 5.32 Å². The molecule has 7 heteroatoms. The van der Waals surface area contributed by atoms with Crippen molar-refractivity contribution >= 4 is 46.6 Å². The van der Waals surface area contributed by atoms with E-state index in [0.29, 0.717) is 21.5 Å². The second kappa shape index (κ2) is 12.6. The molecule has 1 aliphatic carbocycles. The Bertz CT molecular complexity index is 1200. The maximum Gasteiger partial charge on any atom is 0.243 e. The van der Waals surface area contributed by atoms with E-state index in [-0.39, 0.29) is 30.8 Å². The molecule has 3 aromatic carbocycles. The van der Waals surface area contributed by atoms with Gasteiger partial charge in [0.25, 0.3) is 0 Å². The van der Waals surface area contributed by atoms with Crippen molar-refractivity contribution in [3.8, 4) is 0 Å². The lowest BCUT2D eigenvalue weighted by molar-refractivity contribution is -0.141. The lowest BCUT2D eigenvalue weighted by Crippen LogP contribution is -2.52. The molecule has 0 aromatic heterocycles. The van der Waals surface area contributed by atoms with Crippen LogP contribution in [-0.4, -0.2) is 28.8 Å². The van der Waals surface area contributed by atoms with Gasteiger partial charge in [-0.15, -0.1) is 0 Å². The van der Waals surface area contributed by atoms with Gasteiger partial charge in [0.2, 0.25) is 11.8 Å². The Labute approximate surface area is 227 Å². The van der Waals surface area contributed by atoms with Crippen LogP contribution >= 0.6 is 34.8 Å². The van der Waals surface area contributed by atoms with Crippen molar-refractivity contribution < 1.29 is 9.59 Å². The molecule has 0 saturated heterocycles. The summed E-state index contributed by atoms with van der Waals surface area (Å²) < 4.78 is 0. The lowest BCUT2D eigenvalue weighted by atomic mass is 10.0. The fraction of sp³-hybridized carbons (Fsp3) is 0.310. The van der Waals surface area contributed by atoms with Crippen molar-refractivity contribution in [1.29, 1.82) is 0 Å². The minimum absolute atomic E-state index is 0.119. The van der Waals surface area contributed by atoms with E-state index in [1.54, 1.807) is 35.2 Å². The number of nitrogens with one attached hydrogen (secondary N) is 1. The second-order valence-corrected chi connectivity index (χ2v) is 10.5. The van der Waals surface area contributed by atoms with Crippen LogP contribution in [0.3, 0.4) is 0 Å². The maximum atomic E-state index is 13.8. The summed E-state index contributed by atoms with van der Waals surface area (Å²) in [5.74, 6) is -0.318. The van der Waals surface area contributed by atoms with Gasteiger partial charge in [-0.25, -0.2) is 0 Å². The first-order valence-corrected chi connectivity index (χ1v) is 13.3. The Hall–Kier alpha value is -2.53. The predicted molar refractivity (Wildman–Crippen MR) is 147 cm³/mol. The number of benzene rings is 3. The van der Waals surface area contributed by atoms with Crippen LogP contribution < -0.4 is 5.32 Å². The first-order chi connectivity index (χ1) is 17.4. The third-order valence-corrected chi connectivity index (χ3v) is 7.39. The van der Waals surface area contributed by atoms with E-state index < -0.39 is 6.04 Å². The minimum atomic E-state index is -0.702. The third-order valence-electron chi connectivity index (χ3n) is 6.57. The van der Waals surface area contributed by atoms with E-state index in [0.717, 1.165) is 42.4 Å². The highest BCUT2D eigenvalue weighted by Gasteiger charge is 2.32. The Morgan fingerprint density at radius 3 is 2.25 bits per heavy atom. The Morgan fingerprint density at radius 1 is 0.861 bits per heavy atom. The zero-order valence-corrected chi connectivity index (χ0v) is 22.2. The van der Waals surface area contributed by atoms with Crippen LogP contribution in [0, 0.1) is 0 Å². The molecule has 1 atom stereocenters. The second-order valence-electron chi connectivity index (χ2n) is 9.26. The van der Waals surface area contributed by atoms with E-state index in [1.807, 2.05) is 42.5 Å². The normalized spacial score (nSPS) is 14.4. The molecule has 1 fully saturated rings. The Morgan fingerprint density at radius 2 is 1.56 bits per heavy atom. The third kappa shape index (κ3) is 7.25. The molecule has 0 bridgehead atoms. The standard InChI is InChI=1S/C29H29Cl3N2O2/c30-23-10-6-9-21(15-23)17-28(35)34(19-22-13-14-24(31)18-26(22)32)27(16-20-7-2-1-3-8-20)29(36)33-25-11-4-5-12-25/h1-3,6-10,13-15,18,25,27H,4-5,11-12,16-17,19H2,(H,33,36). The van der Waals surface area contributed by atoms with Crippen LogP contribution in [0.2, 0.25) is 15.1 Å². The number of hydrogen-bond donors (Lipinski definition) is 1.